The standard InChI is InChI=1S/C16H17NO3S/c1-2-3-10-20-13-6-4-12(5-7-13)17-11-14-8-9-15(21-14)16(18)19/h4-9,11H,2-3,10H2,1H3,(H,18,19)/p-1. The van der Waals surface area contributed by atoms with Crippen molar-refractivity contribution in [2.24, 2.45) is 4.99 Å². The van der Waals surface area contributed by atoms with Crippen LogP contribution in [0.4, 0.5) is 5.69 Å². The van der Waals surface area contributed by atoms with E-state index in [1.54, 1.807) is 12.3 Å². The van der Waals surface area contributed by atoms with Crippen molar-refractivity contribution < 1.29 is 14.6 Å². The molecule has 1 aromatic heterocycles. The maximum absolute atomic E-state index is 10.7. The van der Waals surface area contributed by atoms with Crippen LogP contribution in [0.3, 0.4) is 0 Å². The second-order valence-electron chi connectivity index (χ2n) is 4.44. The summed E-state index contributed by atoms with van der Waals surface area (Å²) in [5, 5.41) is 10.7. The Kier molecular flexibility index (Phi) is 5.51. The number of carboxylic acid groups (broad SMARTS) is 1. The smallest absolute Gasteiger partial charge is 0.119 e. The average molecular weight is 302 g/mol. The Bertz CT molecular complexity index is 617. The third-order valence-corrected chi connectivity index (χ3v) is 3.77. The molecule has 0 radical (unpaired) electrons. The number of hydrogen-bond acceptors (Lipinski definition) is 5. The number of ether oxygens (including phenoxy) is 1. The van der Waals surface area contributed by atoms with Crippen molar-refractivity contribution in [1.29, 1.82) is 0 Å². The fourth-order valence-corrected chi connectivity index (χ4v) is 2.35. The number of thiophene rings is 1. The Morgan fingerprint density at radius 1 is 1.29 bits per heavy atom. The van der Waals surface area contributed by atoms with Crippen molar-refractivity contribution in [3.05, 3.63) is 46.2 Å². The monoisotopic (exact) mass is 302 g/mol. The van der Waals surface area contributed by atoms with Crippen LogP contribution in [-0.4, -0.2) is 18.8 Å². The van der Waals surface area contributed by atoms with Gasteiger partial charge in [0, 0.05) is 11.1 Å². The van der Waals surface area contributed by atoms with Gasteiger partial charge in [-0.3, -0.25) is 4.99 Å². The largest absolute Gasteiger partial charge is 0.544 e. The summed E-state index contributed by atoms with van der Waals surface area (Å²) in [6.07, 6.45) is 3.79. The topological polar surface area (TPSA) is 61.7 Å². The van der Waals surface area contributed by atoms with Crippen LogP contribution in [0.2, 0.25) is 0 Å². The Balaban J connectivity index is 1.95. The molecule has 5 heteroatoms. The minimum atomic E-state index is -1.16. The fraction of sp³-hybridized carbons (Fsp3) is 0.250. The maximum atomic E-state index is 10.7. The number of rotatable bonds is 7. The van der Waals surface area contributed by atoms with Crippen LogP contribution in [0.15, 0.2) is 41.4 Å². The molecule has 0 unspecified atom stereocenters. The normalized spacial score (nSPS) is 10.9. The number of carboxylic acids is 1. The van der Waals surface area contributed by atoms with Crippen molar-refractivity contribution in [2.45, 2.75) is 19.8 Å². The zero-order chi connectivity index (χ0) is 15.1. The summed E-state index contributed by atoms with van der Waals surface area (Å²) >= 11 is 1.14. The summed E-state index contributed by atoms with van der Waals surface area (Å²) in [4.78, 5) is 16.0. The maximum Gasteiger partial charge on any atom is 0.119 e. The molecule has 0 aliphatic heterocycles. The molecule has 0 spiro atoms. The van der Waals surface area contributed by atoms with Crippen molar-refractivity contribution in [3.8, 4) is 5.75 Å². The first-order chi connectivity index (χ1) is 10.2. The number of carbonyl (C=O) groups is 1. The summed E-state index contributed by atoms with van der Waals surface area (Å²) in [6.45, 7) is 2.85. The lowest BCUT2D eigenvalue weighted by Gasteiger charge is -2.04. The van der Waals surface area contributed by atoms with Gasteiger partial charge >= 0.3 is 0 Å². The number of aliphatic imine (C=N–C) groups is 1. The van der Waals surface area contributed by atoms with Crippen molar-refractivity contribution in [2.75, 3.05) is 6.61 Å². The van der Waals surface area contributed by atoms with Crippen molar-refractivity contribution in [1.82, 2.24) is 0 Å². The predicted molar refractivity (Wildman–Crippen MR) is 82.7 cm³/mol. The summed E-state index contributed by atoms with van der Waals surface area (Å²) in [6, 6.07) is 10.7. The average Bonchev–Trinajstić information content (AvgIpc) is 2.96. The minimum Gasteiger partial charge on any atom is -0.544 e. The van der Waals surface area contributed by atoms with E-state index in [4.69, 9.17) is 4.74 Å². The molecule has 21 heavy (non-hydrogen) atoms. The van der Waals surface area contributed by atoms with Crippen molar-refractivity contribution in [3.63, 3.8) is 0 Å². The van der Waals surface area contributed by atoms with E-state index in [0.29, 0.717) is 0 Å². The fourth-order valence-electron chi connectivity index (χ4n) is 1.63. The zero-order valence-electron chi connectivity index (χ0n) is 11.7. The molecule has 110 valence electrons. The molecule has 0 bridgehead atoms. The lowest BCUT2D eigenvalue weighted by Crippen LogP contribution is -2.20. The highest BCUT2D eigenvalue weighted by Crippen LogP contribution is 2.19. The molecule has 0 saturated carbocycles. The molecule has 1 aromatic carbocycles. The third kappa shape index (κ3) is 4.72. The molecule has 4 nitrogen and oxygen atoms in total. The van der Waals surface area contributed by atoms with Gasteiger partial charge in [-0.25, -0.2) is 0 Å². The van der Waals surface area contributed by atoms with E-state index in [1.807, 2.05) is 24.3 Å². The highest BCUT2D eigenvalue weighted by molar-refractivity contribution is 7.15. The molecular weight excluding hydrogens is 286 g/mol. The minimum absolute atomic E-state index is 0.205. The lowest BCUT2D eigenvalue weighted by molar-refractivity contribution is -0.254. The van der Waals surface area contributed by atoms with Gasteiger partial charge in [0.15, 0.2) is 0 Å². The van der Waals surface area contributed by atoms with Gasteiger partial charge < -0.3 is 14.6 Å². The van der Waals surface area contributed by atoms with Crippen LogP contribution in [0, 0.1) is 0 Å². The molecule has 0 amide bonds. The predicted octanol–water partition coefficient (Wildman–Crippen LogP) is 3.04. The van der Waals surface area contributed by atoms with Crippen LogP contribution in [0.5, 0.6) is 5.75 Å². The Morgan fingerprint density at radius 2 is 2.05 bits per heavy atom. The number of unbranched alkanes of at least 4 members (excludes halogenated alkanes) is 1. The van der Waals surface area contributed by atoms with Gasteiger partial charge in [-0.05, 0) is 42.8 Å². The number of benzene rings is 1. The van der Waals surface area contributed by atoms with Crippen LogP contribution < -0.4 is 9.84 Å². The second-order valence-corrected chi connectivity index (χ2v) is 5.56. The van der Waals surface area contributed by atoms with E-state index in [9.17, 15) is 9.90 Å². The Labute approximate surface area is 127 Å². The molecule has 2 aromatic rings. The van der Waals surface area contributed by atoms with Gasteiger partial charge in [-0.15, -0.1) is 11.3 Å². The van der Waals surface area contributed by atoms with Crippen LogP contribution in [-0.2, 0) is 0 Å². The first kappa shape index (κ1) is 15.3. The zero-order valence-corrected chi connectivity index (χ0v) is 12.6. The van der Waals surface area contributed by atoms with Crippen LogP contribution in [0.25, 0.3) is 0 Å². The van der Waals surface area contributed by atoms with Gasteiger partial charge in [0.05, 0.1) is 23.1 Å². The van der Waals surface area contributed by atoms with E-state index in [1.165, 1.54) is 6.07 Å². The van der Waals surface area contributed by atoms with E-state index >= 15 is 0 Å². The number of nitrogens with zero attached hydrogens (tertiary/aromatic N) is 1. The van der Waals surface area contributed by atoms with Crippen LogP contribution >= 0.6 is 11.3 Å². The number of aromatic carboxylic acids is 1. The quantitative estimate of drug-likeness (QED) is 0.583. The Morgan fingerprint density at radius 3 is 2.67 bits per heavy atom. The summed E-state index contributed by atoms with van der Waals surface area (Å²) in [5.41, 5.74) is 0.793. The molecule has 0 fully saturated rings. The van der Waals surface area contributed by atoms with E-state index < -0.39 is 5.97 Å². The molecule has 0 atom stereocenters. The van der Waals surface area contributed by atoms with E-state index in [-0.39, 0.29) is 4.88 Å². The molecular formula is C16H16NO3S-. The Hall–Kier alpha value is -2.14. The summed E-state index contributed by atoms with van der Waals surface area (Å²) in [5.74, 6) is -0.328. The first-order valence-electron chi connectivity index (χ1n) is 6.77. The van der Waals surface area contributed by atoms with Gasteiger partial charge in [0.25, 0.3) is 0 Å². The highest BCUT2D eigenvalue weighted by atomic mass is 32.1. The third-order valence-electron chi connectivity index (χ3n) is 2.77. The van der Waals surface area contributed by atoms with Gasteiger partial charge in [0.1, 0.15) is 5.75 Å². The van der Waals surface area contributed by atoms with Crippen molar-refractivity contribution >= 4 is 29.2 Å². The number of hydrogen-bond donors (Lipinski definition) is 0. The van der Waals surface area contributed by atoms with Gasteiger partial charge in [0.2, 0.25) is 0 Å². The van der Waals surface area contributed by atoms with Gasteiger partial charge in [-0.2, -0.15) is 0 Å². The van der Waals surface area contributed by atoms with E-state index in [2.05, 4.69) is 11.9 Å². The summed E-state index contributed by atoms with van der Waals surface area (Å²) < 4.78 is 5.57. The first-order valence-corrected chi connectivity index (χ1v) is 7.59. The SMILES string of the molecule is CCCCOc1ccc(N=Cc2ccc(C(=O)[O-])s2)cc1. The second kappa shape index (κ2) is 7.59. The molecule has 0 aliphatic carbocycles. The summed E-state index contributed by atoms with van der Waals surface area (Å²) in [7, 11) is 0. The molecule has 0 aliphatic rings. The van der Waals surface area contributed by atoms with Gasteiger partial charge in [-0.1, -0.05) is 13.3 Å². The number of carbonyl (C=O) groups excluding carboxylic acids is 1. The molecule has 0 saturated heterocycles. The lowest BCUT2D eigenvalue weighted by atomic mass is 10.3. The molecule has 2 rings (SSSR count). The van der Waals surface area contributed by atoms with E-state index in [0.717, 1.165) is 47.1 Å². The molecule has 0 N–H and O–H groups in total. The van der Waals surface area contributed by atoms with Crippen LogP contribution in [0.1, 0.15) is 34.3 Å². The highest BCUT2D eigenvalue weighted by Gasteiger charge is 1.98. The molecule has 1 heterocycles.